The van der Waals surface area contributed by atoms with Crippen molar-refractivity contribution in [1.29, 1.82) is 0 Å². The summed E-state index contributed by atoms with van der Waals surface area (Å²) in [4.78, 5) is 4.30. The fraction of sp³-hybridized carbons (Fsp3) is 0.500. The third-order valence-electron chi connectivity index (χ3n) is 3.29. The Morgan fingerprint density at radius 1 is 1.40 bits per heavy atom. The molecule has 2 aromatic rings. The average molecular weight is 319 g/mol. The molecule has 2 nitrogen and oxygen atoms in total. The first-order valence-corrected chi connectivity index (χ1v) is 8.42. The molecule has 0 spiro atoms. The van der Waals surface area contributed by atoms with E-state index < -0.39 is 11.6 Å². The van der Waals surface area contributed by atoms with Crippen LogP contribution in [0.15, 0.2) is 12.1 Å². The standard InChI is InChI=1S/C14H17ClF2N2S/c1-9(4-6-20-2)19-12-8-10(16)7-11(17)14(12)18-13(19)3-5-15/h7-9H,3-6H2,1-2H3. The molecule has 0 bridgehead atoms. The summed E-state index contributed by atoms with van der Waals surface area (Å²) in [6.45, 7) is 2.04. The SMILES string of the molecule is CSCCC(C)n1c(CCCl)nc2c(F)cc(F)cc21. The van der Waals surface area contributed by atoms with Crippen LogP contribution in [0.5, 0.6) is 0 Å². The van der Waals surface area contributed by atoms with Crippen LogP contribution in [-0.2, 0) is 6.42 Å². The zero-order valence-electron chi connectivity index (χ0n) is 11.5. The van der Waals surface area contributed by atoms with Gasteiger partial charge in [0.05, 0.1) is 5.52 Å². The number of hydrogen-bond acceptors (Lipinski definition) is 2. The first kappa shape index (κ1) is 15.6. The molecule has 1 unspecified atom stereocenters. The van der Waals surface area contributed by atoms with Gasteiger partial charge in [0.25, 0.3) is 0 Å². The minimum absolute atomic E-state index is 0.131. The van der Waals surface area contributed by atoms with Crippen LogP contribution in [0.4, 0.5) is 8.78 Å². The molecule has 0 amide bonds. The van der Waals surface area contributed by atoms with Gasteiger partial charge in [-0.25, -0.2) is 13.8 Å². The van der Waals surface area contributed by atoms with E-state index in [0.29, 0.717) is 23.6 Å². The van der Waals surface area contributed by atoms with E-state index in [9.17, 15) is 8.78 Å². The molecule has 0 aliphatic heterocycles. The molecular formula is C14H17ClF2N2S. The highest BCUT2D eigenvalue weighted by molar-refractivity contribution is 7.98. The van der Waals surface area contributed by atoms with Crippen LogP contribution in [0.1, 0.15) is 25.2 Å². The lowest BCUT2D eigenvalue weighted by Gasteiger charge is -2.17. The summed E-state index contributed by atoms with van der Waals surface area (Å²) in [6.07, 6.45) is 3.50. The lowest BCUT2D eigenvalue weighted by atomic mass is 10.2. The number of rotatable bonds is 6. The number of halogens is 3. The van der Waals surface area contributed by atoms with Crippen LogP contribution in [0.3, 0.4) is 0 Å². The summed E-state index contributed by atoms with van der Waals surface area (Å²) in [5.74, 6) is 0.909. The maximum atomic E-state index is 13.8. The van der Waals surface area contributed by atoms with Gasteiger partial charge in [-0.1, -0.05) is 0 Å². The van der Waals surface area contributed by atoms with Crippen LogP contribution in [0, 0.1) is 11.6 Å². The highest BCUT2D eigenvalue weighted by Gasteiger charge is 2.18. The Kier molecular flexibility index (Phi) is 5.27. The van der Waals surface area contributed by atoms with E-state index in [1.807, 2.05) is 17.7 Å². The van der Waals surface area contributed by atoms with E-state index in [-0.39, 0.29) is 11.6 Å². The Balaban J connectivity index is 2.55. The van der Waals surface area contributed by atoms with Gasteiger partial charge in [0.1, 0.15) is 17.2 Å². The fourth-order valence-electron chi connectivity index (χ4n) is 2.34. The van der Waals surface area contributed by atoms with Gasteiger partial charge in [-0.3, -0.25) is 0 Å². The van der Waals surface area contributed by atoms with E-state index in [4.69, 9.17) is 11.6 Å². The maximum Gasteiger partial charge on any atom is 0.153 e. The number of hydrogen-bond donors (Lipinski definition) is 0. The highest BCUT2D eigenvalue weighted by atomic mass is 35.5. The monoisotopic (exact) mass is 318 g/mol. The van der Waals surface area contributed by atoms with E-state index >= 15 is 0 Å². The molecule has 0 saturated heterocycles. The van der Waals surface area contributed by atoms with Crippen molar-refractivity contribution in [2.45, 2.75) is 25.8 Å². The molecule has 1 aromatic heterocycles. The number of fused-ring (bicyclic) bond motifs is 1. The van der Waals surface area contributed by atoms with Crippen molar-refractivity contribution in [3.8, 4) is 0 Å². The Morgan fingerprint density at radius 3 is 2.80 bits per heavy atom. The zero-order valence-corrected chi connectivity index (χ0v) is 13.1. The van der Waals surface area contributed by atoms with Gasteiger partial charge in [-0.2, -0.15) is 11.8 Å². The molecule has 0 fully saturated rings. The number of aromatic nitrogens is 2. The van der Waals surface area contributed by atoms with Gasteiger partial charge < -0.3 is 4.57 Å². The molecule has 1 aromatic carbocycles. The minimum Gasteiger partial charge on any atom is -0.325 e. The van der Waals surface area contributed by atoms with Crippen LogP contribution >= 0.6 is 23.4 Å². The second kappa shape index (κ2) is 6.76. The Morgan fingerprint density at radius 2 is 2.15 bits per heavy atom. The van der Waals surface area contributed by atoms with Gasteiger partial charge in [-0.05, 0) is 31.4 Å². The van der Waals surface area contributed by atoms with Crippen molar-refractivity contribution >= 4 is 34.4 Å². The summed E-state index contributed by atoms with van der Waals surface area (Å²) in [7, 11) is 0. The highest BCUT2D eigenvalue weighted by Crippen LogP contribution is 2.27. The third-order valence-corrected chi connectivity index (χ3v) is 4.12. The van der Waals surface area contributed by atoms with Crippen LogP contribution < -0.4 is 0 Å². The van der Waals surface area contributed by atoms with E-state index in [1.165, 1.54) is 6.07 Å². The van der Waals surface area contributed by atoms with E-state index in [1.54, 1.807) is 11.8 Å². The molecule has 0 aliphatic carbocycles. The summed E-state index contributed by atoms with van der Waals surface area (Å²) >= 11 is 7.54. The van der Waals surface area contributed by atoms with E-state index in [0.717, 1.165) is 18.2 Å². The van der Waals surface area contributed by atoms with Crippen molar-refractivity contribution in [2.24, 2.45) is 0 Å². The van der Waals surface area contributed by atoms with Crippen LogP contribution in [0.25, 0.3) is 11.0 Å². The number of aryl methyl sites for hydroxylation is 1. The van der Waals surface area contributed by atoms with Gasteiger partial charge >= 0.3 is 0 Å². The molecule has 0 saturated carbocycles. The molecule has 20 heavy (non-hydrogen) atoms. The molecule has 1 heterocycles. The van der Waals surface area contributed by atoms with Gasteiger partial charge in [0.15, 0.2) is 5.82 Å². The Labute approximate surface area is 126 Å². The number of alkyl halides is 1. The molecule has 0 aliphatic rings. The predicted molar refractivity (Wildman–Crippen MR) is 81.8 cm³/mol. The number of thioether (sulfide) groups is 1. The van der Waals surface area contributed by atoms with Gasteiger partial charge in [0, 0.05) is 24.4 Å². The number of imidazole rings is 1. The fourth-order valence-corrected chi connectivity index (χ4v) is 3.08. The summed E-state index contributed by atoms with van der Waals surface area (Å²) < 4.78 is 29.2. The summed E-state index contributed by atoms with van der Waals surface area (Å²) in [6, 6.07) is 2.35. The molecule has 110 valence electrons. The largest absolute Gasteiger partial charge is 0.325 e. The summed E-state index contributed by atoms with van der Waals surface area (Å²) in [5.41, 5.74) is 0.735. The van der Waals surface area contributed by atoms with E-state index in [2.05, 4.69) is 4.98 Å². The third kappa shape index (κ3) is 3.09. The van der Waals surface area contributed by atoms with Crippen molar-refractivity contribution in [2.75, 3.05) is 17.9 Å². The lowest BCUT2D eigenvalue weighted by Crippen LogP contribution is -2.11. The number of benzene rings is 1. The van der Waals surface area contributed by atoms with Crippen molar-refractivity contribution in [3.05, 3.63) is 29.6 Å². The Hall–Kier alpha value is -0.810. The molecule has 1 atom stereocenters. The molecule has 0 radical (unpaired) electrons. The average Bonchev–Trinajstić information content (AvgIpc) is 2.75. The normalized spacial score (nSPS) is 13.1. The molecular weight excluding hydrogens is 302 g/mol. The van der Waals surface area contributed by atoms with Crippen molar-refractivity contribution in [1.82, 2.24) is 9.55 Å². The zero-order chi connectivity index (χ0) is 14.7. The second-order valence-electron chi connectivity index (χ2n) is 4.72. The van der Waals surface area contributed by atoms with Crippen LogP contribution in [-0.4, -0.2) is 27.4 Å². The molecule has 0 N–H and O–H groups in total. The molecule has 6 heteroatoms. The first-order chi connectivity index (χ1) is 9.58. The van der Waals surface area contributed by atoms with Crippen molar-refractivity contribution < 1.29 is 8.78 Å². The lowest BCUT2D eigenvalue weighted by molar-refractivity contribution is 0.527. The maximum absolute atomic E-state index is 13.8. The minimum atomic E-state index is -0.619. The smallest absolute Gasteiger partial charge is 0.153 e. The topological polar surface area (TPSA) is 17.8 Å². The van der Waals surface area contributed by atoms with Gasteiger partial charge in [0.2, 0.25) is 0 Å². The first-order valence-electron chi connectivity index (χ1n) is 6.49. The van der Waals surface area contributed by atoms with Crippen molar-refractivity contribution in [3.63, 3.8) is 0 Å². The molecule has 2 rings (SSSR count). The van der Waals surface area contributed by atoms with Crippen LogP contribution in [0.2, 0.25) is 0 Å². The Bertz CT molecular complexity index is 600. The number of nitrogens with zero attached hydrogens (tertiary/aromatic N) is 2. The summed E-state index contributed by atoms with van der Waals surface area (Å²) in [5, 5.41) is 0. The second-order valence-corrected chi connectivity index (χ2v) is 6.09. The predicted octanol–water partition coefficient (Wildman–Crippen LogP) is 4.41. The van der Waals surface area contributed by atoms with Gasteiger partial charge in [-0.15, -0.1) is 11.6 Å². The quantitative estimate of drug-likeness (QED) is 0.734.